The molecule has 164 valence electrons. The first-order chi connectivity index (χ1) is 14.7. The van der Waals surface area contributed by atoms with Crippen LogP contribution in [0.3, 0.4) is 0 Å². The molecule has 0 saturated carbocycles. The third-order valence-electron chi connectivity index (χ3n) is 5.61. The van der Waals surface area contributed by atoms with Gasteiger partial charge < -0.3 is 19.9 Å². The quantitative estimate of drug-likeness (QED) is 0.353. The van der Waals surface area contributed by atoms with Gasteiger partial charge in [0.2, 0.25) is 0 Å². The van der Waals surface area contributed by atoms with Gasteiger partial charge in [0.25, 0.3) is 0 Å². The molecular formula is C22H35N7O. The molecule has 2 heterocycles. The lowest BCUT2D eigenvalue weighted by Gasteiger charge is -2.29. The number of benzene rings is 1. The van der Waals surface area contributed by atoms with Crippen molar-refractivity contribution in [3.8, 4) is 0 Å². The molecule has 2 N–H and O–H groups in total. The molecule has 0 spiro atoms. The number of nitrogens with one attached hydrogen (secondary N) is 2. The van der Waals surface area contributed by atoms with Gasteiger partial charge in [-0.2, -0.15) is 0 Å². The normalized spacial score (nSPS) is 16.0. The maximum atomic E-state index is 5.17. The molecule has 0 bridgehead atoms. The van der Waals surface area contributed by atoms with Gasteiger partial charge in [0, 0.05) is 33.9 Å². The van der Waals surface area contributed by atoms with Gasteiger partial charge in [-0.3, -0.25) is 4.90 Å². The van der Waals surface area contributed by atoms with Crippen molar-refractivity contribution >= 4 is 5.96 Å². The number of methoxy groups -OCH3 is 1. The Hall–Kier alpha value is -2.45. The molecule has 1 aromatic heterocycles. The molecule has 1 saturated heterocycles. The fourth-order valence-corrected chi connectivity index (χ4v) is 3.72. The lowest BCUT2D eigenvalue weighted by atomic mass is 10.1. The van der Waals surface area contributed by atoms with E-state index >= 15 is 0 Å². The third kappa shape index (κ3) is 6.27. The Morgan fingerprint density at radius 1 is 1.17 bits per heavy atom. The van der Waals surface area contributed by atoms with Crippen LogP contribution in [0.2, 0.25) is 0 Å². The van der Waals surface area contributed by atoms with Gasteiger partial charge in [-0.1, -0.05) is 30.3 Å². The van der Waals surface area contributed by atoms with Gasteiger partial charge in [0.1, 0.15) is 12.4 Å². The van der Waals surface area contributed by atoms with Crippen molar-refractivity contribution in [2.75, 3.05) is 39.9 Å². The molecule has 0 amide bonds. The summed E-state index contributed by atoms with van der Waals surface area (Å²) in [5, 5.41) is 15.4. The minimum atomic E-state index is 0.330. The molecule has 30 heavy (non-hydrogen) atoms. The van der Waals surface area contributed by atoms with Gasteiger partial charge in [-0.15, -0.1) is 10.2 Å². The fourth-order valence-electron chi connectivity index (χ4n) is 3.72. The summed E-state index contributed by atoms with van der Waals surface area (Å²) in [6, 6.07) is 11.1. The van der Waals surface area contributed by atoms with Gasteiger partial charge in [-0.05, 0) is 44.8 Å². The van der Waals surface area contributed by atoms with Crippen LogP contribution in [0.4, 0.5) is 0 Å². The smallest absolute Gasteiger partial charge is 0.191 e. The van der Waals surface area contributed by atoms with Crippen LogP contribution in [0.5, 0.6) is 0 Å². The summed E-state index contributed by atoms with van der Waals surface area (Å²) in [6.07, 6.45) is 3.46. The van der Waals surface area contributed by atoms with Crippen molar-refractivity contribution in [2.24, 2.45) is 12.0 Å². The lowest BCUT2D eigenvalue weighted by molar-refractivity contribution is 0.195. The molecule has 8 heteroatoms. The monoisotopic (exact) mass is 413 g/mol. The van der Waals surface area contributed by atoms with Crippen LogP contribution >= 0.6 is 0 Å². The van der Waals surface area contributed by atoms with Crippen LogP contribution in [-0.2, 0) is 18.3 Å². The summed E-state index contributed by atoms with van der Waals surface area (Å²) >= 11 is 0. The van der Waals surface area contributed by atoms with Crippen molar-refractivity contribution in [3.63, 3.8) is 0 Å². The molecule has 1 aromatic carbocycles. The number of aromatic nitrogens is 3. The maximum absolute atomic E-state index is 5.17. The molecule has 3 rings (SSSR count). The zero-order valence-corrected chi connectivity index (χ0v) is 18.5. The predicted molar refractivity (Wildman–Crippen MR) is 119 cm³/mol. The highest BCUT2D eigenvalue weighted by atomic mass is 16.5. The van der Waals surface area contributed by atoms with E-state index in [0.29, 0.717) is 12.6 Å². The predicted octanol–water partition coefficient (Wildman–Crippen LogP) is 2.03. The first-order valence-corrected chi connectivity index (χ1v) is 10.8. The van der Waals surface area contributed by atoms with E-state index < -0.39 is 0 Å². The number of aryl methyl sites for hydroxylation is 1. The Balaban J connectivity index is 1.68. The summed E-state index contributed by atoms with van der Waals surface area (Å²) in [4.78, 5) is 7.34. The number of ether oxygens (including phenoxy) is 1. The van der Waals surface area contributed by atoms with E-state index in [1.807, 2.05) is 18.5 Å². The second-order valence-corrected chi connectivity index (χ2v) is 7.71. The second-order valence-electron chi connectivity index (χ2n) is 7.71. The van der Waals surface area contributed by atoms with E-state index in [2.05, 4.69) is 56.1 Å². The SMILES string of the molecule is COCCCNC(=NCc1nnc(C)n1C)NCC(c1ccccc1)N1CCCC1. The number of aliphatic imine (C=N–C) groups is 1. The molecule has 1 atom stereocenters. The largest absolute Gasteiger partial charge is 0.385 e. The van der Waals surface area contributed by atoms with Crippen LogP contribution in [0.25, 0.3) is 0 Å². The Kier molecular flexibility index (Phi) is 8.65. The standard InChI is InChI=1S/C22H35N7O/c1-18-26-27-21(28(18)2)17-25-22(23-12-9-15-30-3)24-16-20(29-13-7-8-14-29)19-10-5-4-6-11-19/h4-6,10-11,20H,7-9,12-17H2,1-3H3,(H2,23,24,25). The molecule has 1 unspecified atom stereocenters. The average Bonchev–Trinajstić information content (AvgIpc) is 3.41. The van der Waals surface area contributed by atoms with Crippen molar-refractivity contribution in [1.29, 1.82) is 0 Å². The Morgan fingerprint density at radius 2 is 1.93 bits per heavy atom. The highest BCUT2D eigenvalue weighted by Gasteiger charge is 2.23. The first-order valence-electron chi connectivity index (χ1n) is 10.8. The van der Waals surface area contributed by atoms with Crippen molar-refractivity contribution in [3.05, 3.63) is 47.5 Å². The number of rotatable bonds is 10. The van der Waals surface area contributed by atoms with Crippen LogP contribution < -0.4 is 10.6 Å². The highest BCUT2D eigenvalue weighted by Crippen LogP contribution is 2.24. The number of guanidine groups is 1. The highest BCUT2D eigenvalue weighted by molar-refractivity contribution is 5.79. The van der Waals surface area contributed by atoms with Gasteiger partial charge >= 0.3 is 0 Å². The Bertz CT molecular complexity index is 784. The Morgan fingerprint density at radius 3 is 2.60 bits per heavy atom. The zero-order valence-electron chi connectivity index (χ0n) is 18.5. The molecule has 2 aromatic rings. The summed E-state index contributed by atoms with van der Waals surface area (Å²) in [5.41, 5.74) is 1.34. The first kappa shape index (κ1) is 22.2. The van der Waals surface area contributed by atoms with Crippen LogP contribution in [0.15, 0.2) is 35.3 Å². The number of hydrogen-bond donors (Lipinski definition) is 2. The summed E-state index contributed by atoms with van der Waals surface area (Å²) < 4.78 is 7.14. The second kappa shape index (κ2) is 11.7. The number of hydrogen-bond acceptors (Lipinski definition) is 5. The van der Waals surface area contributed by atoms with E-state index in [-0.39, 0.29) is 0 Å². The molecule has 0 aliphatic carbocycles. The van der Waals surface area contributed by atoms with Crippen molar-refractivity contribution in [2.45, 2.75) is 38.8 Å². The topological polar surface area (TPSA) is 79.6 Å². The zero-order chi connectivity index (χ0) is 21.2. The molecule has 8 nitrogen and oxygen atoms in total. The fraction of sp³-hybridized carbons (Fsp3) is 0.591. The maximum Gasteiger partial charge on any atom is 0.191 e. The van der Waals surface area contributed by atoms with Gasteiger partial charge in [0.05, 0.1) is 6.04 Å². The number of nitrogens with zero attached hydrogens (tertiary/aromatic N) is 5. The third-order valence-corrected chi connectivity index (χ3v) is 5.61. The van der Waals surface area contributed by atoms with Crippen molar-refractivity contribution in [1.82, 2.24) is 30.3 Å². The number of likely N-dealkylation sites (tertiary alicyclic amines) is 1. The van der Waals surface area contributed by atoms with Gasteiger partial charge in [-0.25, -0.2) is 4.99 Å². The molecule has 1 aliphatic rings. The molecule has 0 radical (unpaired) electrons. The van der Waals surface area contributed by atoms with Crippen LogP contribution in [0.1, 0.15) is 42.5 Å². The van der Waals surface area contributed by atoms with E-state index in [1.54, 1.807) is 7.11 Å². The lowest BCUT2D eigenvalue weighted by Crippen LogP contribution is -2.43. The Labute approximate surface area is 179 Å². The minimum absolute atomic E-state index is 0.330. The molecular weight excluding hydrogens is 378 g/mol. The van der Waals surface area contributed by atoms with E-state index in [4.69, 9.17) is 9.73 Å². The van der Waals surface area contributed by atoms with Crippen molar-refractivity contribution < 1.29 is 4.74 Å². The minimum Gasteiger partial charge on any atom is -0.385 e. The summed E-state index contributed by atoms with van der Waals surface area (Å²) in [6.45, 7) is 7.05. The van der Waals surface area contributed by atoms with Gasteiger partial charge in [0.15, 0.2) is 11.8 Å². The van der Waals surface area contributed by atoms with E-state index in [0.717, 1.165) is 56.8 Å². The van der Waals surface area contributed by atoms with Crippen LogP contribution in [0, 0.1) is 6.92 Å². The average molecular weight is 414 g/mol. The summed E-state index contributed by atoms with van der Waals surface area (Å²) in [5.74, 6) is 2.54. The molecule has 1 fully saturated rings. The summed E-state index contributed by atoms with van der Waals surface area (Å²) in [7, 11) is 3.70. The van der Waals surface area contributed by atoms with E-state index in [9.17, 15) is 0 Å². The van der Waals surface area contributed by atoms with Crippen LogP contribution in [-0.4, -0.2) is 65.5 Å². The molecule has 1 aliphatic heterocycles. The van der Waals surface area contributed by atoms with E-state index in [1.165, 1.54) is 18.4 Å².